The van der Waals surface area contributed by atoms with Crippen molar-refractivity contribution < 1.29 is 13.9 Å². The highest BCUT2D eigenvalue weighted by atomic mass is 35.5. The number of alkyl halides is 1. The lowest BCUT2D eigenvalue weighted by molar-refractivity contribution is 0.0991. The molecular formula is C10H10ClFO2. The van der Waals surface area contributed by atoms with E-state index in [-0.39, 0.29) is 11.3 Å². The van der Waals surface area contributed by atoms with Crippen LogP contribution in [-0.4, -0.2) is 18.3 Å². The monoisotopic (exact) mass is 216 g/mol. The first-order valence-electron chi connectivity index (χ1n) is 4.07. The summed E-state index contributed by atoms with van der Waals surface area (Å²) in [5.41, 5.74) is 0.226. The van der Waals surface area contributed by atoms with Gasteiger partial charge in [0.25, 0.3) is 0 Å². The molecule has 1 atom stereocenters. The standard InChI is InChI=1S/C10H10ClFO2/c1-6(11)10(13)7-3-8(12)5-9(4-7)14-2/h3-6H,1-2H3. The number of carbonyl (C=O) groups is 1. The van der Waals surface area contributed by atoms with E-state index < -0.39 is 11.2 Å². The van der Waals surface area contributed by atoms with Crippen molar-refractivity contribution in [3.05, 3.63) is 29.6 Å². The number of benzene rings is 1. The smallest absolute Gasteiger partial charge is 0.180 e. The Labute approximate surface area is 86.6 Å². The van der Waals surface area contributed by atoms with Gasteiger partial charge in [0, 0.05) is 11.6 Å². The van der Waals surface area contributed by atoms with Crippen LogP contribution in [0.1, 0.15) is 17.3 Å². The molecule has 1 aromatic carbocycles. The van der Waals surface area contributed by atoms with E-state index in [1.54, 1.807) is 6.92 Å². The minimum atomic E-state index is -0.665. The van der Waals surface area contributed by atoms with Crippen molar-refractivity contribution >= 4 is 17.4 Å². The van der Waals surface area contributed by atoms with Crippen molar-refractivity contribution in [1.29, 1.82) is 0 Å². The lowest BCUT2D eigenvalue weighted by atomic mass is 10.1. The molecule has 0 spiro atoms. The second-order valence-corrected chi connectivity index (χ2v) is 3.51. The van der Waals surface area contributed by atoms with E-state index >= 15 is 0 Å². The van der Waals surface area contributed by atoms with E-state index in [0.29, 0.717) is 5.75 Å². The molecule has 76 valence electrons. The van der Waals surface area contributed by atoms with Crippen molar-refractivity contribution in [3.8, 4) is 5.75 Å². The number of ketones is 1. The van der Waals surface area contributed by atoms with Crippen LogP contribution in [0.15, 0.2) is 18.2 Å². The van der Waals surface area contributed by atoms with E-state index in [9.17, 15) is 9.18 Å². The van der Waals surface area contributed by atoms with Crippen LogP contribution in [0.2, 0.25) is 0 Å². The van der Waals surface area contributed by atoms with Crippen LogP contribution >= 0.6 is 11.6 Å². The van der Waals surface area contributed by atoms with Gasteiger partial charge in [0.1, 0.15) is 11.6 Å². The van der Waals surface area contributed by atoms with Gasteiger partial charge in [0.15, 0.2) is 5.78 Å². The van der Waals surface area contributed by atoms with Gasteiger partial charge in [-0.3, -0.25) is 4.79 Å². The quantitative estimate of drug-likeness (QED) is 0.574. The normalized spacial score (nSPS) is 12.3. The Hall–Kier alpha value is -1.09. The van der Waals surface area contributed by atoms with Crippen LogP contribution in [0.5, 0.6) is 5.75 Å². The molecule has 0 fully saturated rings. The summed E-state index contributed by atoms with van der Waals surface area (Å²) in [7, 11) is 1.41. The molecule has 0 saturated heterocycles. The summed E-state index contributed by atoms with van der Waals surface area (Å²) in [6.45, 7) is 1.54. The molecule has 4 heteroatoms. The van der Waals surface area contributed by atoms with Crippen LogP contribution in [0.4, 0.5) is 4.39 Å². The maximum Gasteiger partial charge on any atom is 0.180 e. The maximum atomic E-state index is 13.0. The average molecular weight is 217 g/mol. The van der Waals surface area contributed by atoms with Crippen molar-refractivity contribution in [2.75, 3.05) is 7.11 Å². The predicted molar refractivity (Wildman–Crippen MR) is 52.6 cm³/mol. The molecule has 14 heavy (non-hydrogen) atoms. The Morgan fingerprint density at radius 2 is 2.14 bits per heavy atom. The fourth-order valence-corrected chi connectivity index (χ4v) is 1.18. The van der Waals surface area contributed by atoms with Crippen LogP contribution in [-0.2, 0) is 0 Å². The van der Waals surface area contributed by atoms with Crippen molar-refractivity contribution in [2.24, 2.45) is 0 Å². The Morgan fingerprint density at radius 1 is 1.50 bits per heavy atom. The third kappa shape index (κ3) is 2.45. The summed E-state index contributed by atoms with van der Waals surface area (Å²) in [6, 6.07) is 3.81. The summed E-state index contributed by atoms with van der Waals surface area (Å²) in [5.74, 6) is -0.514. The largest absolute Gasteiger partial charge is 0.497 e. The SMILES string of the molecule is COc1cc(F)cc(C(=O)C(C)Cl)c1. The van der Waals surface area contributed by atoms with Gasteiger partial charge < -0.3 is 4.74 Å². The Balaban J connectivity index is 3.09. The van der Waals surface area contributed by atoms with E-state index in [4.69, 9.17) is 16.3 Å². The maximum absolute atomic E-state index is 13.0. The fourth-order valence-electron chi connectivity index (χ4n) is 1.05. The molecule has 0 heterocycles. The molecule has 0 radical (unpaired) electrons. The molecule has 0 bridgehead atoms. The summed E-state index contributed by atoms with van der Waals surface area (Å²) in [4.78, 5) is 11.4. The lowest BCUT2D eigenvalue weighted by Gasteiger charge is -2.05. The van der Waals surface area contributed by atoms with Crippen LogP contribution in [0.3, 0.4) is 0 Å². The third-order valence-electron chi connectivity index (χ3n) is 1.75. The van der Waals surface area contributed by atoms with E-state index in [1.807, 2.05) is 0 Å². The van der Waals surface area contributed by atoms with Gasteiger partial charge in [-0.05, 0) is 19.1 Å². The molecule has 0 N–H and O–H groups in total. The van der Waals surface area contributed by atoms with Gasteiger partial charge in [-0.2, -0.15) is 0 Å². The summed E-state index contributed by atoms with van der Waals surface area (Å²) in [6.07, 6.45) is 0. The minimum Gasteiger partial charge on any atom is -0.497 e. The van der Waals surface area contributed by atoms with E-state index in [1.165, 1.54) is 19.2 Å². The van der Waals surface area contributed by atoms with Crippen LogP contribution in [0, 0.1) is 5.82 Å². The lowest BCUT2D eigenvalue weighted by Crippen LogP contribution is -2.10. The topological polar surface area (TPSA) is 26.3 Å². The second kappa shape index (κ2) is 4.42. The first-order chi connectivity index (χ1) is 6.54. The summed E-state index contributed by atoms with van der Waals surface area (Å²) >= 11 is 5.60. The van der Waals surface area contributed by atoms with Gasteiger partial charge in [0.05, 0.1) is 12.5 Å². The molecule has 0 saturated carbocycles. The molecule has 1 unspecified atom stereocenters. The van der Waals surface area contributed by atoms with Crippen molar-refractivity contribution in [1.82, 2.24) is 0 Å². The molecule has 0 amide bonds. The molecule has 0 aliphatic carbocycles. The molecule has 0 aliphatic heterocycles. The average Bonchev–Trinajstić information content (AvgIpc) is 2.15. The Kier molecular flexibility index (Phi) is 3.47. The zero-order chi connectivity index (χ0) is 10.7. The van der Waals surface area contributed by atoms with Crippen molar-refractivity contribution in [2.45, 2.75) is 12.3 Å². The van der Waals surface area contributed by atoms with E-state index in [0.717, 1.165) is 6.07 Å². The van der Waals surface area contributed by atoms with Gasteiger partial charge in [0.2, 0.25) is 0 Å². The molecular weight excluding hydrogens is 207 g/mol. The van der Waals surface area contributed by atoms with E-state index in [2.05, 4.69) is 0 Å². The number of Topliss-reactive ketones (excluding diaryl/α,β-unsaturated/α-hetero) is 1. The number of halogens is 2. The zero-order valence-electron chi connectivity index (χ0n) is 7.88. The molecule has 1 aromatic rings. The molecule has 0 aromatic heterocycles. The van der Waals surface area contributed by atoms with Crippen LogP contribution in [0.25, 0.3) is 0 Å². The molecule has 1 rings (SSSR count). The van der Waals surface area contributed by atoms with Crippen LogP contribution < -0.4 is 4.74 Å². The molecule has 2 nitrogen and oxygen atoms in total. The predicted octanol–water partition coefficient (Wildman–Crippen LogP) is 2.64. The van der Waals surface area contributed by atoms with Gasteiger partial charge in [-0.15, -0.1) is 11.6 Å². The minimum absolute atomic E-state index is 0.226. The number of hydrogen-bond donors (Lipinski definition) is 0. The number of hydrogen-bond acceptors (Lipinski definition) is 2. The molecule has 0 aliphatic rings. The number of rotatable bonds is 3. The fraction of sp³-hybridized carbons (Fsp3) is 0.300. The van der Waals surface area contributed by atoms with Crippen molar-refractivity contribution in [3.63, 3.8) is 0 Å². The van der Waals surface area contributed by atoms with Gasteiger partial charge in [-0.25, -0.2) is 4.39 Å². The summed E-state index contributed by atoms with van der Waals surface area (Å²) in [5, 5.41) is -0.665. The second-order valence-electron chi connectivity index (χ2n) is 2.86. The van der Waals surface area contributed by atoms with Gasteiger partial charge >= 0.3 is 0 Å². The summed E-state index contributed by atoms with van der Waals surface area (Å²) < 4.78 is 17.8. The first-order valence-corrected chi connectivity index (χ1v) is 4.51. The third-order valence-corrected chi connectivity index (χ3v) is 1.95. The van der Waals surface area contributed by atoms with Gasteiger partial charge in [-0.1, -0.05) is 0 Å². The number of methoxy groups -OCH3 is 1. The number of ether oxygens (including phenoxy) is 1. The number of carbonyl (C=O) groups excluding carboxylic acids is 1. The highest BCUT2D eigenvalue weighted by Crippen LogP contribution is 2.18. The Bertz CT molecular complexity index is 350. The Morgan fingerprint density at radius 3 is 2.64 bits per heavy atom. The zero-order valence-corrected chi connectivity index (χ0v) is 8.64. The first kappa shape index (κ1) is 11.0. The highest BCUT2D eigenvalue weighted by Gasteiger charge is 2.14. The highest BCUT2D eigenvalue weighted by molar-refractivity contribution is 6.33.